The summed E-state index contributed by atoms with van der Waals surface area (Å²) in [5, 5.41) is 13.6. The van der Waals surface area contributed by atoms with Crippen LogP contribution >= 0.6 is 35.0 Å². The molecule has 1 aromatic carbocycles. The topological polar surface area (TPSA) is 35.8 Å². The number of halogens is 2. The van der Waals surface area contributed by atoms with Gasteiger partial charge in [-0.2, -0.15) is 5.26 Å². The third-order valence-electron chi connectivity index (χ3n) is 2.72. The summed E-state index contributed by atoms with van der Waals surface area (Å²) in [6, 6.07) is 7.88. The highest BCUT2D eigenvalue weighted by Gasteiger charge is 2.24. The number of thioether (sulfide) groups is 1. The molecule has 0 aromatic heterocycles. The summed E-state index contributed by atoms with van der Waals surface area (Å²) < 4.78 is 0. The van der Waals surface area contributed by atoms with Crippen molar-refractivity contribution in [2.75, 3.05) is 7.05 Å². The van der Waals surface area contributed by atoms with E-state index in [0.29, 0.717) is 15.3 Å². The molecule has 0 aliphatic rings. The Kier molecular flexibility index (Phi) is 5.81. The number of rotatable bonds is 5. The molecule has 0 aliphatic heterocycles. The molecular weight excluding hydrogens is 287 g/mol. The van der Waals surface area contributed by atoms with E-state index in [9.17, 15) is 0 Å². The number of benzene rings is 1. The normalized spacial score (nSPS) is 15.8. The summed E-state index contributed by atoms with van der Waals surface area (Å²) >= 11 is 13.5. The van der Waals surface area contributed by atoms with E-state index in [1.165, 1.54) is 0 Å². The first-order valence-electron chi connectivity index (χ1n) is 5.62. The summed E-state index contributed by atoms with van der Waals surface area (Å²) in [5.74, 6) is 0. The molecule has 1 rings (SSSR count). The molecular formula is C13H16Cl2N2S. The van der Waals surface area contributed by atoms with E-state index in [2.05, 4.69) is 18.3 Å². The van der Waals surface area contributed by atoms with Gasteiger partial charge in [0.05, 0.1) is 16.1 Å². The Morgan fingerprint density at radius 1 is 1.44 bits per heavy atom. The Balaban J connectivity index is 2.68. The van der Waals surface area contributed by atoms with Crippen LogP contribution in [0.1, 0.15) is 20.3 Å². The van der Waals surface area contributed by atoms with Gasteiger partial charge in [0.25, 0.3) is 0 Å². The molecule has 0 saturated heterocycles. The molecule has 1 N–H and O–H groups in total. The third-order valence-corrected chi connectivity index (χ3v) is 4.56. The zero-order valence-corrected chi connectivity index (χ0v) is 13.0. The van der Waals surface area contributed by atoms with Crippen molar-refractivity contribution >= 4 is 35.0 Å². The maximum Gasteiger partial charge on any atom is 0.104 e. The van der Waals surface area contributed by atoms with Crippen molar-refractivity contribution in [3.63, 3.8) is 0 Å². The van der Waals surface area contributed by atoms with Gasteiger partial charge < -0.3 is 5.32 Å². The Morgan fingerprint density at radius 2 is 2.11 bits per heavy atom. The SMILES string of the molecule is CNC(C)(C#N)CC(C)Sc1ccc(Cl)c(Cl)c1. The first kappa shape index (κ1) is 15.7. The Morgan fingerprint density at radius 3 is 2.61 bits per heavy atom. The number of nitrogens with zero attached hydrogens (tertiary/aromatic N) is 1. The second-order valence-corrected chi connectivity index (χ2v) is 6.73. The molecule has 18 heavy (non-hydrogen) atoms. The summed E-state index contributed by atoms with van der Waals surface area (Å²) in [4.78, 5) is 1.06. The van der Waals surface area contributed by atoms with Crippen molar-refractivity contribution in [1.82, 2.24) is 5.32 Å². The van der Waals surface area contributed by atoms with E-state index in [1.807, 2.05) is 19.1 Å². The fraction of sp³-hybridized carbons (Fsp3) is 0.462. The standard InChI is InChI=1S/C13H16Cl2N2S/c1-9(7-13(2,8-16)17-3)18-10-4-5-11(14)12(15)6-10/h4-6,9,17H,7H2,1-3H3. The zero-order valence-electron chi connectivity index (χ0n) is 10.6. The smallest absolute Gasteiger partial charge is 0.104 e. The van der Waals surface area contributed by atoms with Crippen LogP contribution in [0, 0.1) is 11.3 Å². The van der Waals surface area contributed by atoms with Gasteiger partial charge in [0.2, 0.25) is 0 Å². The van der Waals surface area contributed by atoms with Gasteiger partial charge in [-0.1, -0.05) is 30.1 Å². The highest BCUT2D eigenvalue weighted by atomic mass is 35.5. The predicted octanol–water partition coefficient (Wildman–Crippen LogP) is 4.37. The van der Waals surface area contributed by atoms with E-state index in [1.54, 1.807) is 24.9 Å². The number of hydrogen-bond acceptors (Lipinski definition) is 3. The second kappa shape index (κ2) is 6.68. The second-order valence-electron chi connectivity index (χ2n) is 4.40. The molecule has 0 aliphatic carbocycles. The molecule has 98 valence electrons. The molecule has 2 nitrogen and oxygen atoms in total. The van der Waals surface area contributed by atoms with E-state index in [-0.39, 0.29) is 0 Å². The van der Waals surface area contributed by atoms with Gasteiger partial charge in [0.15, 0.2) is 0 Å². The van der Waals surface area contributed by atoms with E-state index in [0.717, 1.165) is 11.3 Å². The fourth-order valence-electron chi connectivity index (χ4n) is 1.60. The Bertz CT molecular complexity index is 459. The van der Waals surface area contributed by atoms with E-state index >= 15 is 0 Å². The lowest BCUT2D eigenvalue weighted by atomic mass is 9.98. The number of nitrogens with one attached hydrogen (secondary N) is 1. The van der Waals surface area contributed by atoms with Crippen LogP contribution < -0.4 is 5.32 Å². The molecule has 0 amide bonds. The lowest BCUT2D eigenvalue weighted by Crippen LogP contribution is -2.40. The molecule has 2 atom stereocenters. The zero-order chi connectivity index (χ0) is 13.8. The van der Waals surface area contributed by atoms with Crippen LogP contribution in [-0.4, -0.2) is 17.8 Å². The minimum Gasteiger partial charge on any atom is -0.303 e. The first-order valence-corrected chi connectivity index (χ1v) is 7.25. The average molecular weight is 303 g/mol. The van der Waals surface area contributed by atoms with Crippen molar-refractivity contribution in [2.24, 2.45) is 0 Å². The van der Waals surface area contributed by atoms with E-state index < -0.39 is 5.54 Å². The van der Waals surface area contributed by atoms with Gasteiger partial charge >= 0.3 is 0 Å². The summed E-state index contributed by atoms with van der Waals surface area (Å²) in [6.07, 6.45) is 0.755. The molecule has 5 heteroatoms. The Labute approximate surface area is 123 Å². The summed E-state index contributed by atoms with van der Waals surface area (Å²) in [7, 11) is 1.81. The molecule has 0 spiro atoms. The molecule has 1 aromatic rings. The third kappa shape index (κ3) is 4.37. The molecule has 0 fully saturated rings. The van der Waals surface area contributed by atoms with Gasteiger partial charge in [-0.05, 0) is 38.6 Å². The summed E-state index contributed by atoms with van der Waals surface area (Å²) in [5.41, 5.74) is -0.497. The van der Waals surface area contributed by atoms with Crippen molar-refractivity contribution < 1.29 is 0 Å². The molecule has 2 unspecified atom stereocenters. The van der Waals surface area contributed by atoms with Gasteiger partial charge in [-0.3, -0.25) is 0 Å². The van der Waals surface area contributed by atoms with Crippen LogP contribution in [0.2, 0.25) is 10.0 Å². The van der Waals surface area contributed by atoms with Gasteiger partial charge in [0, 0.05) is 10.1 Å². The minimum atomic E-state index is -0.497. The van der Waals surface area contributed by atoms with Crippen molar-refractivity contribution in [3.8, 4) is 6.07 Å². The minimum absolute atomic E-state index is 0.305. The van der Waals surface area contributed by atoms with Gasteiger partial charge in [-0.15, -0.1) is 11.8 Å². The lowest BCUT2D eigenvalue weighted by Gasteiger charge is -2.24. The molecule has 0 radical (unpaired) electrons. The van der Waals surface area contributed by atoms with E-state index in [4.69, 9.17) is 28.5 Å². The average Bonchev–Trinajstić information content (AvgIpc) is 2.33. The maximum atomic E-state index is 9.12. The van der Waals surface area contributed by atoms with Crippen LogP contribution in [0.3, 0.4) is 0 Å². The molecule has 0 saturated carbocycles. The predicted molar refractivity (Wildman–Crippen MR) is 79.5 cm³/mol. The monoisotopic (exact) mass is 302 g/mol. The van der Waals surface area contributed by atoms with Crippen LogP contribution in [-0.2, 0) is 0 Å². The van der Waals surface area contributed by atoms with Crippen LogP contribution in [0.25, 0.3) is 0 Å². The molecule has 0 bridgehead atoms. The molecule has 0 heterocycles. The number of hydrogen-bond donors (Lipinski definition) is 1. The Hall–Kier alpha value is -0.400. The van der Waals surface area contributed by atoms with Crippen LogP contribution in [0.5, 0.6) is 0 Å². The van der Waals surface area contributed by atoms with Crippen molar-refractivity contribution in [1.29, 1.82) is 5.26 Å². The summed E-state index contributed by atoms with van der Waals surface area (Å²) in [6.45, 7) is 4.00. The van der Waals surface area contributed by atoms with Gasteiger partial charge in [0.1, 0.15) is 5.54 Å². The highest BCUT2D eigenvalue weighted by molar-refractivity contribution is 8.00. The van der Waals surface area contributed by atoms with Crippen molar-refractivity contribution in [2.45, 2.75) is 36.0 Å². The van der Waals surface area contributed by atoms with Crippen LogP contribution in [0.15, 0.2) is 23.1 Å². The first-order chi connectivity index (χ1) is 8.40. The van der Waals surface area contributed by atoms with Crippen LogP contribution in [0.4, 0.5) is 0 Å². The largest absolute Gasteiger partial charge is 0.303 e. The quantitative estimate of drug-likeness (QED) is 0.821. The highest BCUT2D eigenvalue weighted by Crippen LogP contribution is 2.32. The van der Waals surface area contributed by atoms with Crippen molar-refractivity contribution in [3.05, 3.63) is 28.2 Å². The van der Waals surface area contributed by atoms with Gasteiger partial charge in [-0.25, -0.2) is 0 Å². The fourth-order valence-corrected chi connectivity index (χ4v) is 3.18. The maximum absolute atomic E-state index is 9.12. The number of nitriles is 1. The lowest BCUT2D eigenvalue weighted by molar-refractivity contribution is 0.455.